The lowest BCUT2D eigenvalue weighted by atomic mass is 10.1. The van der Waals surface area contributed by atoms with Gasteiger partial charge in [0.05, 0.1) is 6.20 Å². The molecule has 31 heavy (non-hydrogen) atoms. The van der Waals surface area contributed by atoms with Crippen molar-refractivity contribution in [2.24, 2.45) is 7.05 Å². The van der Waals surface area contributed by atoms with Crippen LogP contribution in [0.3, 0.4) is 0 Å². The average Bonchev–Trinajstić information content (AvgIpc) is 3.12. The number of carbonyl (C=O) groups excluding carboxylic acids is 1. The molecular formula is C21H20Br2N4O3S. The van der Waals surface area contributed by atoms with Crippen LogP contribution in [0.25, 0.3) is 0 Å². The molecule has 3 aromatic rings. The third-order valence-electron chi connectivity index (χ3n) is 5.19. The quantitative estimate of drug-likeness (QED) is 0.443. The van der Waals surface area contributed by atoms with Gasteiger partial charge < -0.3 is 0 Å². The fourth-order valence-electron chi connectivity index (χ4n) is 3.55. The van der Waals surface area contributed by atoms with Crippen molar-refractivity contribution >= 4 is 53.6 Å². The largest absolute Gasteiger partial charge is 0.338 e. The maximum Gasteiger partial charge on any atom is 0.338 e. The minimum absolute atomic E-state index is 0.0405. The Morgan fingerprint density at radius 3 is 1.94 bits per heavy atom. The Labute approximate surface area is 198 Å². The average molecular weight is 568 g/mol. The standard InChI is InChI=1S/C21H20Br2N4O3S/c1-25-20-19(14-24-25)26(12-10-15-2-6-17(22)7-3-15)21(28)27(31(20,29)30)13-11-16-4-8-18(23)9-5-16/h2-9,14H,10-13H2,1H3. The molecule has 4 rings (SSSR count). The molecule has 0 unspecified atom stereocenters. The first-order chi connectivity index (χ1) is 14.8. The van der Waals surface area contributed by atoms with Gasteiger partial charge in [-0.1, -0.05) is 56.1 Å². The van der Waals surface area contributed by atoms with Gasteiger partial charge in [-0.25, -0.2) is 9.10 Å². The molecule has 10 heteroatoms. The number of hydrogen-bond acceptors (Lipinski definition) is 4. The third-order valence-corrected chi connectivity index (χ3v) is 8.13. The molecular weight excluding hydrogens is 548 g/mol. The Bertz CT molecular complexity index is 1210. The number of aryl methyl sites for hydroxylation is 1. The van der Waals surface area contributed by atoms with Crippen LogP contribution in [0.15, 0.2) is 68.7 Å². The summed E-state index contributed by atoms with van der Waals surface area (Å²) in [5.74, 6) is 0. The second-order valence-electron chi connectivity index (χ2n) is 7.22. The third kappa shape index (κ3) is 4.42. The summed E-state index contributed by atoms with van der Waals surface area (Å²) in [6.07, 6.45) is 2.46. The van der Waals surface area contributed by atoms with E-state index in [1.165, 1.54) is 15.8 Å². The lowest BCUT2D eigenvalue weighted by Gasteiger charge is -2.34. The summed E-state index contributed by atoms with van der Waals surface area (Å²) in [5, 5.41) is 4.15. The number of benzene rings is 2. The summed E-state index contributed by atoms with van der Waals surface area (Å²) in [5.41, 5.74) is 2.32. The number of amides is 2. The highest BCUT2D eigenvalue weighted by molar-refractivity contribution is 9.10. The van der Waals surface area contributed by atoms with Crippen molar-refractivity contribution in [1.29, 1.82) is 0 Å². The number of aromatic nitrogens is 2. The van der Waals surface area contributed by atoms with Gasteiger partial charge in [-0.3, -0.25) is 9.58 Å². The van der Waals surface area contributed by atoms with Crippen molar-refractivity contribution in [3.63, 3.8) is 0 Å². The molecule has 0 radical (unpaired) electrons. The Morgan fingerprint density at radius 1 is 0.871 bits per heavy atom. The van der Waals surface area contributed by atoms with E-state index in [0.717, 1.165) is 24.4 Å². The highest BCUT2D eigenvalue weighted by Gasteiger charge is 2.43. The van der Waals surface area contributed by atoms with E-state index in [-0.39, 0.29) is 11.6 Å². The molecule has 0 fully saturated rings. The molecule has 0 N–H and O–H groups in total. The van der Waals surface area contributed by atoms with Crippen LogP contribution in [0, 0.1) is 0 Å². The van der Waals surface area contributed by atoms with Crippen LogP contribution in [0.2, 0.25) is 0 Å². The first-order valence-electron chi connectivity index (χ1n) is 9.62. The zero-order valence-electron chi connectivity index (χ0n) is 16.7. The number of halogens is 2. The Balaban J connectivity index is 1.61. The molecule has 0 saturated heterocycles. The summed E-state index contributed by atoms with van der Waals surface area (Å²) in [4.78, 5) is 14.8. The maximum absolute atomic E-state index is 13.3. The molecule has 0 aliphatic carbocycles. The number of anilines is 1. The second-order valence-corrected chi connectivity index (χ2v) is 10.8. The van der Waals surface area contributed by atoms with E-state index in [1.807, 2.05) is 48.5 Å². The Hall–Kier alpha value is -2.17. The van der Waals surface area contributed by atoms with Crippen molar-refractivity contribution in [3.05, 3.63) is 74.8 Å². The number of carbonyl (C=O) groups is 1. The van der Waals surface area contributed by atoms with Gasteiger partial charge in [-0.2, -0.15) is 13.5 Å². The number of rotatable bonds is 6. The monoisotopic (exact) mass is 566 g/mol. The predicted molar refractivity (Wildman–Crippen MR) is 126 cm³/mol. The molecule has 162 valence electrons. The van der Waals surface area contributed by atoms with E-state index in [2.05, 4.69) is 37.0 Å². The van der Waals surface area contributed by atoms with E-state index in [4.69, 9.17) is 0 Å². The number of fused-ring (bicyclic) bond motifs is 1. The molecule has 1 aliphatic heterocycles. The van der Waals surface area contributed by atoms with Crippen LogP contribution in [-0.2, 0) is 29.9 Å². The SMILES string of the molecule is Cn1ncc2c1S(=O)(=O)N(CCc1ccc(Br)cc1)C(=O)N2CCc1ccc(Br)cc1. The molecule has 0 atom stereocenters. The number of hydrogen-bond donors (Lipinski definition) is 0. The lowest BCUT2D eigenvalue weighted by Crippen LogP contribution is -2.52. The number of urea groups is 1. The zero-order chi connectivity index (χ0) is 22.2. The van der Waals surface area contributed by atoms with Gasteiger partial charge in [0.2, 0.25) is 0 Å². The zero-order valence-corrected chi connectivity index (χ0v) is 20.7. The van der Waals surface area contributed by atoms with Crippen LogP contribution in [0.1, 0.15) is 11.1 Å². The molecule has 2 amide bonds. The normalized spacial score (nSPS) is 15.3. The van der Waals surface area contributed by atoms with Gasteiger partial charge in [0, 0.05) is 29.1 Å². The number of nitrogens with zero attached hydrogens (tertiary/aromatic N) is 4. The van der Waals surface area contributed by atoms with Crippen LogP contribution in [0.4, 0.5) is 10.5 Å². The van der Waals surface area contributed by atoms with Crippen molar-refractivity contribution < 1.29 is 13.2 Å². The lowest BCUT2D eigenvalue weighted by molar-refractivity contribution is 0.227. The van der Waals surface area contributed by atoms with E-state index in [1.54, 1.807) is 7.05 Å². The molecule has 0 spiro atoms. The predicted octanol–water partition coefficient (Wildman–Crippen LogP) is 4.36. The molecule has 0 bridgehead atoms. The van der Waals surface area contributed by atoms with Crippen molar-refractivity contribution in [3.8, 4) is 0 Å². The minimum atomic E-state index is -3.99. The molecule has 1 aliphatic rings. The van der Waals surface area contributed by atoms with Crippen LogP contribution in [-0.4, -0.2) is 41.6 Å². The maximum atomic E-state index is 13.3. The van der Waals surface area contributed by atoms with Gasteiger partial charge in [-0.05, 0) is 48.2 Å². The highest BCUT2D eigenvalue weighted by Crippen LogP contribution is 2.34. The topological polar surface area (TPSA) is 75.5 Å². The van der Waals surface area contributed by atoms with Gasteiger partial charge in [0.25, 0.3) is 10.0 Å². The Morgan fingerprint density at radius 2 is 1.39 bits per heavy atom. The highest BCUT2D eigenvalue weighted by atomic mass is 79.9. The summed E-state index contributed by atoms with van der Waals surface area (Å²) < 4.78 is 30.7. The van der Waals surface area contributed by atoms with Gasteiger partial charge in [0.15, 0.2) is 5.03 Å². The first kappa shape index (κ1) is 22.0. The molecule has 2 heterocycles. The van der Waals surface area contributed by atoms with Crippen LogP contribution >= 0.6 is 31.9 Å². The van der Waals surface area contributed by atoms with Gasteiger partial charge >= 0.3 is 6.03 Å². The minimum Gasteiger partial charge on any atom is -0.289 e. The summed E-state index contributed by atoms with van der Waals surface area (Å²) in [6.45, 7) is 0.408. The van der Waals surface area contributed by atoms with Gasteiger partial charge in [-0.15, -0.1) is 0 Å². The number of sulfonamides is 1. The van der Waals surface area contributed by atoms with E-state index in [0.29, 0.717) is 25.1 Å². The van der Waals surface area contributed by atoms with Crippen molar-refractivity contribution in [2.75, 3.05) is 18.0 Å². The van der Waals surface area contributed by atoms with Gasteiger partial charge in [0.1, 0.15) is 5.69 Å². The molecule has 0 saturated carbocycles. The molecule has 7 nitrogen and oxygen atoms in total. The van der Waals surface area contributed by atoms with E-state index < -0.39 is 16.1 Å². The molecule has 2 aromatic carbocycles. The Kier molecular flexibility index (Phi) is 6.23. The fourth-order valence-corrected chi connectivity index (χ4v) is 5.73. The summed E-state index contributed by atoms with van der Waals surface area (Å²) in [7, 11) is -2.42. The molecule has 1 aromatic heterocycles. The summed E-state index contributed by atoms with van der Waals surface area (Å²) >= 11 is 6.81. The first-order valence-corrected chi connectivity index (χ1v) is 12.6. The summed E-state index contributed by atoms with van der Waals surface area (Å²) in [6, 6.07) is 14.9. The van der Waals surface area contributed by atoms with Crippen LogP contribution in [0.5, 0.6) is 0 Å². The smallest absolute Gasteiger partial charge is 0.289 e. The van der Waals surface area contributed by atoms with E-state index in [9.17, 15) is 13.2 Å². The van der Waals surface area contributed by atoms with Crippen molar-refractivity contribution in [2.45, 2.75) is 17.9 Å². The van der Waals surface area contributed by atoms with Crippen molar-refractivity contribution in [1.82, 2.24) is 14.1 Å². The van der Waals surface area contributed by atoms with E-state index >= 15 is 0 Å². The fraction of sp³-hybridized carbons (Fsp3) is 0.238. The second kappa shape index (κ2) is 8.76. The van der Waals surface area contributed by atoms with Crippen LogP contribution < -0.4 is 4.90 Å².